The third-order valence-electron chi connectivity index (χ3n) is 5.95. The lowest BCUT2D eigenvalue weighted by Crippen LogP contribution is -2.49. The van der Waals surface area contributed by atoms with Gasteiger partial charge in [-0.25, -0.2) is 13.8 Å². The van der Waals surface area contributed by atoms with E-state index in [4.69, 9.17) is 9.73 Å². The van der Waals surface area contributed by atoms with Gasteiger partial charge in [-0.15, -0.1) is 0 Å². The monoisotopic (exact) mass is 454 g/mol. The number of amidine groups is 1. The van der Waals surface area contributed by atoms with Crippen LogP contribution in [-0.4, -0.2) is 33.6 Å². The Morgan fingerprint density at radius 2 is 2.06 bits per heavy atom. The number of hydrogen-bond acceptors (Lipinski definition) is 5. The second-order valence-electron chi connectivity index (χ2n) is 7.86. The van der Waals surface area contributed by atoms with Crippen LogP contribution in [0.3, 0.4) is 0 Å². The maximum absolute atomic E-state index is 15.0. The normalized spacial score (nSPS) is 25.0. The third kappa shape index (κ3) is 3.82. The number of fused-ring (bicyclic) bond motifs is 1. The van der Waals surface area contributed by atoms with E-state index in [9.17, 15) is 13.6 Å². The quantitative estimate of drug-likeness (QED) is 0.622. The number of nitrogens with zero attached hydrogens (tertiary/aromatic N) is 2. The highest BCUT2D eigenvalue weighted by Crippen LogP contribution is 2.49. The lowest BCUT2D eigenvalue weighted by molar-refractivity contribution is -0.0588. The first-order valence-electron chi connectivity index (χ1n) is 10.2. The number of rotatable bonds is 3. The van der Waals surface area contributed by atoms with Crippen LogP contribution in [0.15, 0.2) is 65.9 Å². The van der Waals surface area contributed by atoms with Gasteiger partial charge in [0, 0.05) is 40.6 Å². The first kappa shape index (κ1) is 20.8. The zero-order chi connectivity index (χ0) is 22.1. The van der Waals surface area contributed by atoms with E-state index in [2.05, 4.69) is 15.5 Å². The summed E-state index contributed by atoms with van der Waals surface area (Å²) in [6, 6.07) is 12.3. The molecule has 5 rings (SSSR count). The van der Waals surface area contributed by atoms with Crippen molar-refractivity contribution in [2.75, 3.05) is 12.4 Å². The predicted octanol–water partition coefficient (Wildman–Crippen LogP) is 4.19. The largest absolute Gasteiger partial charge is 0.370 e. The lowest BCUT2D eigenvalue weighted by atomic mass is 9.74. The van der Waals surface area contributed by atoms with Crippen LogP contribution in [0.25, 0.3) is 0 Å². The van der Waals surface area contributed by atoms with Gasteiger partial charge < -0.3 is 10.1 Å². The van der Waals surface area contributed by atoms with Crippen molar-refractivity contribution in [2.24, 2.45) is 10.9 Å². The number of hydrogen-bond donors (Lipinski definition) is 2. The zero-order valence-electron chi connectivity index (χ0n) is 16.9. The fourth-order valence-corrected chi connectivity index (χ4v) is 5.44. The SMILES string of the molecule is O=C(NC1=N[C@@]2(c3ccc(F)cc3F)CO[C@@H](c3cn[nH]c3)C[C@H]2CS1)c1ccccc1. The molecule has 0 radical (unpaired) electrons. The zero-order valence-corrected chi connectivity index (χ0v) is 17.7. The summed E-state index contributed by atoms with van der Waals surface area (Å²) in [4.78, 5) is 17.5. The van der Waals surface area contributed by atoms with Gasteiger partial charge >= 0.3 is 0 Å². The summed E-state index contributed by atoms with van der Waals surface area (Å²) in [7, 11) is 0. The van der Waals surface area contributed by atoms with Crippen molar-refractivity contribution in [3.63, 3.8) is 0 Å². The van der Waals surface area contributed by atoms with Gasteiger partial charge in [0.05, 0.1) is 18.9 Å². The Hall–Kier alpha value is -3.04. The molecule has 3 atom stereocenters. The number of amides is 1. The van der Waals surface area contributed by atoms with E-state index < -0.39 is 17.2 Å². The Bertz CT molecular complexity index is 1160. The number of ether oxygens (including phenoxy) is 1. The molecule has 2 N–H and O–H groups in total. The Balaban J connectivity index is 1.50. The lowest BCUT2D eigenvalue weighted by Gasteiger charge is -2.46. The molecule has 164 valence electrons. The van der Waals surface area contributed by atoms with Crippen LogP contribution in [0.4, 0.5) is 8.78 Å². The smallest absolute Gasteiger partial charge is 0.257 e. The summed E-state index contributed by atoms with van der Waals surface area (Å²) in [5.41, 5.74) is 0.610. The molecule has 0 spiro atoms. The summed E-state index contributed by atoms with van der Waals surface area (Å²) in [6.07, 6.45) is 3.88. The van der Waals surface area contributed by atoms with Gasteiger partial charge in [-0.3, -0.25) is 9.89 Å². The number of H-pyrrole nitrogens is 1. The van der Waals surface area contributed by atoms with Crippen molar-refractivity contribution >= 4 is 22.8 Å². The Morgan fingerprint density at radius 3 is 2.81 bits per heavy atom. The summed E-state index contributed by atoms with van der Waals surface area (Å²) in [5.74, 6) is -1.11. The molecule has 0 aliphatic carbocycles. The highest BCUT2D eigenvalue weighted by atomic mass is 32.2. The number of benzene rings is 2. The molecule has 1 amide bonds. The average molecular weight is 455 g/mol. The molecule has 0 saturated carbocycles. The highest BCUT2D eigenvalue weighted by Gasteiger charge is 2.50. The van der Waals surface area contributed by atoms with Crippen molar-refractivity contribution in [3.05, 3.63) is 89.2 Å². The van der Waals surface area contributed by atoms with Gasteiger partial charge in [0.1, 0.15) is 17.2 Å². The minimum atomic E-state index is -1.07. The van der Waals surface area contributed by atoms with Crippen molar-refractivity contribution in [1.29, 1.82) is 0 Å². The van der Waals surface area contributed by atoms with E-state index in [0.717, 1.165) is 11.6 Å². The summed E-state index contributed by atoms with van der Waals surface area (Å²) >= 11 is 1.42. The number of nitrogens with one attached hydrogen (secondary N) is 2. The fourth-order valence-electron chi connectivity index (χ4n) is 4.28. The molecule has 0 unspecified atom stereocenters. The number of carbonyl (C=O) groups excluding carboxylic acids is 1. The van der Waals surface area contributed by atoms with Crippen molar-refractivity contribution in [3.8, 4) is 0 Å². The number of aliphatic imine (C=N–C) groups is 1. The number of thioether (sulfide) groups is 1. The molecule has 32 heavy (non-hydrogen) atoms. The molecule has 3 aromatic rings. The minimum absolute atomic E-state index is 0.0847. The summed E-state index contributed by atoms with van der Waals surface area (Å²) < 4.78 is 34.7. The van der Waals surface area contributed by atoms with Crippen LogP contribution < -0.4 is 5.32 Å². The second kappa shape index (κ2) is 8.48. The topological polar surface area (TPSA) is 79.4 Å². The van der Waals surface area contributed by atoms with Crippen molar-refractivity contribution < 1.29 is 18.3 Å². The highest BCUT2D eigenvalue weighted by molar-refractivity contribution is 8.13. The summed E-state index contributed by atoms with van der Waals surface area (Å²) in [6.45, 7) is 0.0985. The van der Waals surface area contributed by atoms with Gasteiger partial charge in [0.2, 0.25) is 0 Å². The molecule has 9 heteroatoms. The Kier molecular flexibility index (Phi) is 5.52. The fraction of sp³-hybridized carbons (Fsp3) is 0.261. The maximum atomic E-state index is 15.0. The first-order chi connectivity index (χ1) is 15.5. The molecule has 0 bridgehead atoms. The van der Waals surface area contributed by atoms with Crippen LogP contribution in [0, 0.1) is 17.6 Å². The van der Waals surface area contributed by atoms with E-state index in [-0.39, 0.29) is 30.1 Å². The number of aromatic amines is 1. The van der Waals surface area contributed by atoms with Crippen molar-refractivity contribution in [2.45, 2.75) is 18.1 Å². The number of halogens is 2. The van der Waals surface area contributed by atoms with Gasteiger partial charge in [-0.1, -0.05) is 36.0 Å². The van der Waals surface area contributed by atoms with Crippen LogP contribution in [0.2, 0.25) is 0 Å². The Labute approximate surface area is 187 Å². The van der Waals surface area contributed by atoms with E-state index in [1.807, 2.05) is 6.07 Å². The van der Waals surface area contributed by atoms with Crippen molar-refractivity contribution in [1.82, 2.24) is 15.5 Å². The number of carbonyl (C=O) groups is 1. The van der Waals surface area contributed by atoms with Gasteiger partial charge in [-0.05, 0) is 24.6 Å². The molecule has 2 aliphatic heterocycles. The van der Waals surface area contributed by atoms with E-state index in [0.29, 0.717) is 22.9 Å². The molecular weight excluding hydrogens is 434 g/mol. The van der Waals surface area contributed by atoms with E-state index >= 15 is 0 Å². The molecular formula is C23H20F2N4O2S. The van der Waals surface area contributed by atoms with Gasteiger partial charge in [0.15, 0.2) is 5.17 Å². The van der Waals surface area contributed by atoms with Crippen LogP contribution in [0.1, 0.15) is 34.0 Å². The molecule has 2 aromatic carbocycles. The van der Waals surface area contributed by atoms with E-state index in [1.54, 1.807) is 36.7 Å². The van der Waals surface area contributed by atoms with E-state index in [1.165, 1.54) is 23.9 Å². The predicted molar refractivity (Wildman–Crippen MR) is 117 cm³/mol. The van der Waals surface area contributed by atoms with Crippen LogP contribution in [0.5, 0.6) is 0 Å². The molecule has 3 heterocycles. The van der Waals surface area contributed by atoms with Crippen LogP contribution >= 0.6 is 11.8 Å². The minimum Gasteiger partial charge on any atom is -0.370 e. The standard InChI is InChI=1S/C23H20F2N4O2S/c24-17-6-7-18(19(25)9-17)23-13-31-20(15-10-26-27-11-15)8-16(23)12-32-22(29-23)28-21(30)14-4-2-1-3-5-14/h1-7,9-11,16,20H,8,12-13H2,(H,26,27)(H,28,29,30)/t16-,20+,23-/m0/s1. The average Bonchev–Trinajstić information content (AvgIpc) is 3.34. The van der Waals surface area contributed by atoms with Crippen LogP contribution in [-0.2, 0) is 10.3 Å². The first-order valence-corrected chi connectivity index (χ1v) is 11.2. The molecule has 1 fully saturated rings. The molecule has 1 saturated heterocycles. The maximum Gasteiger partial charge on any atom is 0.257 e. The summed E-state index contributed by atoms with van der Waals surface area (Å²) in [5, 5.41) is 10.0. The molecule has 2 aliphatic rings. The van der Waals surface area contributed by atoms with Gasteiger partial charge in [-0.2, -0.15) is 5.10 Å². The third-order valence-corrected chi connectivity index (χ3v) is 6.98. The van der Waals surface area contributed by atoms with Gasteiger partial charge in [0.25, 0.3) is 5.91 Å². The molecule has 1 aromatic heterocycles. The Morgan fingerprint density at radius 1 is 1.22 bits per heavy atom. The molecule has 6 nitrogen and oxygen atoms in total. The second-order valence-corrected chi connectivity index (χ2v) is 8.87. The number of aromatic nitrogens is 2.